The van der Waals surface area contributed by atoms with Gasteiger partial charge in [0.05, 0.1) is 5.41 Å². The number of rotatable bonds is 8. The predicted molar refractivity (Wildman–Crippen MR) is 67.0 cm³/mol. The fourth-order valence-corrected chi connectivity index (χ4v) is 2.12. The Labute approximate surface area is 108 Å². The lowest BCUT2D eigenvalue weighted by Gasteiger charge is -2.40. The van der Waals surface area contributed by atoms with Crippen LogP contribution in [-0.2, 0) is 19.0 Å². The van der Waals surface area contributed by atoms with Crippen molar-refractivity contribution < 1.29 is 19.0 Å². The molecule has 0 aromatic carbocycles. The standard InChI is InChI=1S/C12H21ClO4/c1-6-9(2)12(7-13,8-17-10(3)14)11(15-4)16-5/h6,9,11H,1,7-8H2,2-5H3/t9?,12-/m0/s1. The van der Waals surface area contributed by atoms with Gasteiger partial charge in [-0.25, -0.2) is 0 Å². The van der Waals surface area contributed by atoms with Crippen LogP contribution in [0.25, 0.3) is 0 Å². The third-order valence-electron chi connectivity index (χ3n) is 2.95. The maximum absolute atomic E-state index is 10.9. The number of halogens is 1. The number of hydrogen-bond acceptors (Lipinski definition) is 4. The number of alkyl halides is 1. The van der Waals surface area contributed by atoms with E-state index in [9.17, 15) is 4.79 Å². The molecular weight excluding hydrogens is 244 g/mol. The van der Waals surface area contributed by atoms with Gasteiger partial charge in [-0.15, -0.1) is 18.2 Å². The number of allylic oxidation sites excluding steroid dienone is 1. The Bertz CT molecular complexity index is 253. The fourth-order valence-electron chi connectivity index (χ4n) is 1.67. The van der Waals surface area contributed by atoms with E-state index in [1.165, 1.54) is 21.1 Å². The minimum atomic E-state index is -0.640. The van der Waals surface area contributed by atoms with Crippen LogP contribution in [0.15, 0.2) is 12.7 Å². The lowest BCUT2D eigenvalue weighted by Crippen LogP contribution is -2.48. The Morgan fingerprint density at radius 2 is 2.00 bits per heavy atom. The molecule has 17 heavy (non-hydrogen) atoms. The molecular formula is C12H21ClO4. The number of methoxy groups -OCH3 is 2. The highest BCUT2D eigenvalue weighted by Gasteiger charge is 2.44. The summed E-state index contributed by atoms with van der Waals surface area (Å²) in [6.07, 6.45) is 1.18. The third kappa shape index (κ3) is 3.98. The first-order valence-electron chi connectivity index (χ1n) is 5.36. The highest BCUT2D eigenvalue weighted by atomic mass is 35.5. The van der Waals surface area contributed by atoms with Crippen LogP contribution in [0.5, 0.6) is 0 Å². The summed E-state index contributed by atoms with van der Waals surface area (Å²) in [5.74, 6) is -0.147. The van der Waals surface area contributed by atoms with Gasteiger partial charge in [-0.3, -0.25) is 4.79 Å². The monoisotopic (exact) mass is 264 g/mol. The molecule has 0 amide bonds. The molecule has 0 aromatic rings. The van der Waals surface area contributed by atoms with Gasteiger partial charge in [0, 0.05) is 27.0 Å². The van der Waals surface area contributed by atoms with Crippen LogP contribution in [0.3, 0.4) is 0 Å². The maximum atomic E-state index is 10.9. The molecule has 0 aromatic heterocycles. The van der Waals surface area contributed by atoms with Gasteiger partial charge in [0.1, 0.15) is 6.61 Å². The van der Waals surface area contributed by atoms with E-state index in [1.807, 2.05) is 6.92 Å². The zero-order valence-corrected chi connectivity index (χ0v) is 11.6. The molecule has 0 aliphatic heterocycles. The topological polar surface area (TPSA) is 44.8 Å². The van der Waals surface area contributed by atoms with Crippen molar-refractivity contribution >= 4 is 17.6 Å². The van der Waals surface area contributed by atoms with E-state index in [0.717, 1.165) is 0 Å². The average Bonchev–Trinajstić information content (AvgIpc) is 2.33. The van der Waals surface area contributed by atoms with Crippen molar-refractivity contribution in [3.8, 4) is 0 Å². The Kier molecular flexibility index (Phi) is 7.43. The van der Waals surface area contributed by atoms with Crippen LogP contribution in [-0.4, -0.2) is 39.0 Å². The molecule has 0 saturated carbocycles. The van der Waals surface area contributed by atoms with Crippen LogP contribution < -0.4 is 0 Å². The summed E-state index contributed by atoms with van der Waals surface area (Å²) in [6.45, 7) is 7.16. The molecule has 0 bridgehead atoms. The lowest BCUT2D eigenvalue weighted by molar-refractivity contribution is -0.200. The summed E-state index contributed by atoms with van der Waals surface area (Å²) < 4.78 is 15.6. The Morgan fingerprint density at radius 1 is 1.47 bits per heavy atom. The second kappa shape index (κ2) is 7.69. The van der Waals surface area contributed by atoms with E-state index in [-0.39, 0.29) is 24.4 Å². The summed E-state index contributed by atoms with van der Waals surface area (Å²) in [6, 6.07) is 0. The van der Waals surface area contributed by atoms with Crippen LogP contribution in [0, 0.1) is 11.3 Å². The van der Waals surface area contributed by atoms with Gasteiger partial charge in [0.2, 0.25) is 0 Å². The zero-order chi connectivity index (χ0) is 13.5. The molecule has 2 atom stereocenters. The largest absolute Gasteiger partial charge is 0.465 e. The summed E-state index contributed by atoms with van der Waals surface area (Å²) in [5, 5.41) is 0. The maximum Gasteiger partial charge on any atom is 0.302 e. The van der Waals surface area contributed by atoms with Gasteiger partial charge < -0.3 is 14.2 Å². The van der Waals surface area contributed by atoms with Crippen LogP contribution >= 0.6 is 11.6 Å². The zero-order valence-electron chi connectivity index (χ0n) is 10.9. The van der Waals surface area contributed by atoms with Crippen molar-refractivity contribution in [3.63, 3.8) is 0 Å². The summed E-state index contributed by atoms with van der Waals surface area (Å²) in [4.78, 5) is 10.9. The number of ether oxygens (including phenoxy) is 3. The number of carbonyl (C=O) groups excluding carboxylic acids is 1. The van der Waals surface area contributed by atoms with Crippen molar-refractivity contribution in [2.24, 2.45) is 11.3 Å². The molecule has 4 nitrogen and oxygen atoms in total. The first kappa shape index (κ1) is 16.4. The summed E-state index contributed by atoms with van der Waals surface area (Å²) in [5.41, 5.74) is -0.640. The molecule has 0 fully saturated rings. The van der Waals surface area contributed by atoms with Crippen LogP contribution in [0.4, 0.5) is 0 Å². The van der Waals surface area contributed by atoms with Gasteiger partial charge in [0.25, 0.3) is 0 Å². The van der Waals surface area contributed by atoms with E-state index in [1.54, 1.807) is 6.08 Å². The molecule has 0 radical (unpaired) electrons. The minimum Gasteiger partial charge on any atom is -0.465 e. The van der Waals surface area contributed by atoms with Crippen molar-refractivity contribution in [3.05, 3.63) is 12.7 Å². The van der Waals surface area contributed by atoms with Crippen molar-refractivity contribution in [2.45, 2.75) is 20.1 Å². The predicted octanol–water partition coefficient (Wildman–Crippen LogP) is 2.22. The highest BCUT2D eigenvalue weighted by Crippen LogP contribution is 2.36. The number of hydrogen-bond donors (Lipinski definition) is 0. The number of carbonyl (C=O) groups is 1. The van der Waals surface area contributed by atoms with Gasteiger partial charge >= 0.3 is 5.97 Å². The van der Waals surface area contributed by atoms with E-state index >= 15 is 0 Å². The van der Waals surface area contributed by atoms with E-state index in [4.69, 9.17) is 25.8 Å². The van der Waals surface area contributed by atoms with E-state index < -0.39 is 11.7 Å². The first-order valence-corrected chi connectivity index (χ1v) is 5.89. The lowest BCUT2D eigenvalue weighted by atomic mass is 9.77. The molecule has 0 aliphatic rings. The third-order valence-corrected chi connectivity index (χ3v) is 3.45. The summed E-state index contributed by atoms with van der Waals surface area (Å²) >= 11 is 6.03. The van der Waals surface area contributed by atoms with Crippen LogP contribution in [0.2, 0.25) is 0 Å². The van der Waals surface area contributed by atoms with Crippen molar-refractivity contribution in [1.82, 2.24) is 0 Å². The fraction of sp³-hybridized carbons (Fsp3) is 0.750. The van der Waals surface area contributed by atoms with Crippen molar-refractivity contribution in [2.75, 3.05) is 26.7 Å². The highest BCUT2D eigenvalue weighted by molar-refractivity contribution is 6.18. The van der Waals surface area contributed by atoms with Gasteiger partial charge in [-0.05, 0) is 5.92 Å². The van der Waals surface area contributed by atoms with E-state index in [2.05, 4.69) is 6.58 Å². The first-order chi connectivity index (χ1) is 7.98. The minimum absolute atomic E-state index is 0.0238. The molecule has 0 spiro atoms. The number of esters is 1. The Balaban J connectivity index is 5.11. The molecule has 5 heteroatoms. The van der Waals surface area contributed by atoms with Crippen molar-refractivity contribution in [1.29, 1.82) is 0 Å². The summed E-state index contributed by atoms with van der Waals surface area (Å²) in [7, 11) is 3.05. The molecule has 0 heterocycles. The Morgan fingerprint density at radius 3 is 2.29 bits per heavy atom. The van der Waals surface area contributed by atoms with E-state index in [0.29, 0.717) is 0 Å². The average molecular weight is 265 g/mol. The van der Waals surface area contributed by atoms with Gasteiger partial charge in [-0.2, -0.15) is 0 Å². The SMILES string of the molecule is C=CC(C)[C@](CCl)(COC(C)=O)C(OC)OC. The Hall–Kier alpha value is -0.580. The second-order valence-corrected chi connectivity index (χ2v) is 4.24. The smallest absolute Gasteiger partial charge is 0.302 e. The second-order valence-electron chi connectivity index (χ2n) is 3.97. The van der Waals surface area contributed by atoms with Crippen LogP contribution in [0.1, 0.15) is 13.8 Å². The molecule has 100 valence electrons. The molecule has 0 N–H and O–H groups in total. The van der Waals surface area contributed by atoms with Gasteiger partial charge in [-0.1, -0.05) is 13.0 Å². The molecule has 1 unspecified atom stereocenters. The molecule has 0 rings (SSSR count). The van der Waals surface area contributed by atoms with Gasteiger partial charge in [0.15, 0.2) is 6.29 Å². The molecule has 0 saturated heterocycles. The normalized spacial score (nSPS) is 16.4. The quantitative estimate of drug-likeness (QED) is 0.292. The molecule has 0 aliphatic carbocycles.